The van der Waals surface area contributed by atoms with Gasteiger partial charge in [-0.25, -0.2) is 0 Å². The van der Waals surface area contributed by atoms with Crippen molar-refractivity contribution < 1.29 is 4.79 Å². The van der Waals surface area contributed by atoms with Gasteiger partial charge in [-0.3, -0.25) is 4.79 Å². The minimum Gasteiger partial charge on any atom is -0.337 e. The molecular formula is C28H35N3O. The van der Waals surface area contributed by atoms with Gasteiger partial charge < -0.3 is 14.4 Å². The quantitative estimate of drug-likeness (QED) is 0.552. The third kappa shape index (κ3) is 4.61. The number of fused-ring (bicyclic) bond motifs is 1. The van der Waals surface area contributed by atoms with Crippen molar-refractivity contribution >= 4 is 16.8 Å². The summed E-state index contributed by atoms with van der Waals surface area (Å²) in [6.07, 6.45) is 4.98. The fraction of sp³-hybridized carbons (Fsp3) is 0.464. The monoisotopic (exact) mass is 429 g/mol. The number of benzene rings is 2. The number of carbonyl (C=O) groups excluding carboxylic acids is 1. The molecule has 0 spiro atoms. The highest BCUT2D eigenvalue weighted by atomic mass is 16.2. The number of hydrogen-bond donors (Lipinski definition) is 0. The zero-order valence-electron chi connectivity index (χ0n) is 19.2. The van der Waals surface area contributed by atoms with Crippen LogP contribution in [-0.2, 0) is 6.54 Å². The summed E-state index contributed by atoms with van der Waals surface area (Å²) in [6.45, 7) is 8.43. The molecule has 1 aromatic heterocycles. The lowest BCUT2D eigenvalue weighted by atomic mass is 9.94. The Morgan fingerprint density at radius 3 is 2.50 bits per heavy atom. The Labute approximate surface area is 191 Å². The lowest BCUT2D eigenvalue weighted by Gasteiger charge is -2.38. The van der Waals surface area contributed by atoms with E-state index in [1.165, 1.54) is 37.9 Å². The predicted molar refractivity (Wildman–Crippen MR) is 131 cm³/mol. The fourth-order valence-electron chi connectivity index (χ4n) is 5.49. The van der Waals surface area contributed by atoms with Crippen molar-refractivity contribution in [3.8, 4) is 0 Å². The van der Waals surface area contributed by atoms with Gasteiger partial charge in [0.15, 0.2) is 0 Å². The molecular weight excluding hydrogens is 394 g/mol. The summed E-state index contributed by atoms with van der Waals surface area (Å²) in [5.74, 6) is 1.64. The number of piperidine rings is 2. The molecule has 2 saturated heterocycles. The van der Waals surface area contributed by atoms with Crippen LogP contribution < -0.4 is 0 Å². The number of aromatic nitrogens is 1. The molecule has 3 heterocycles. The smallest absolute Gasteiger partial charge is 0.270 e. The topological polar surface area (TPSA) is 28.5 Å². The maximum atomic E-state index is 13.8. The van der Waals surface area contributed by atoms with Crippen LogP contribution in [-0.4, -0.2) is 53.0 Å². The maximum absolute atomic E-state index is 13.8. The number of rotatable bonds is 5. The van der Waals surface area contributed by atoms with Crippen LogP contribution in [0.2, 0.25) is 0 Å². The summed E-state index contributed by atoms with van der Waals surface area (Å²) in [7, 11) is 0. The molecule has 2 aliphatic rings. The summed E-state index contributed by atoms with van der Waals surface area (Å²) >= 11 is 0. The second kappa shape index (κ2) is 9.50. The molecule has 2 fully saturated rings. The van der Waals surface area contributed by atoms with E-state index in [2.05, 4.69) is 75.9 Å². The van der Waals surface area contributed by atoms with E-state index < -0.39 is 0 Å². The molecule has 0 saturated carbocycles. The van der Waals surface area contributed by atoms with E-state index in [0.717, 1.165) is 55.1 Å². The van der Waals surface area contributed by atoms with Gasteiger partial charge in [-0.1, -0.05) is 55.5 Å². The number of likely N-dealkylation sites (tertiary alicyclic amines) is 2. The molecule has 168 valence electrons. The number of hydrogen-bond acceptors (Lipinski definition) is 2. The van der Waals surface area contributed by atoms with Gasteiger partial charge in [-0.15, -0.1) is 0 Å². The zero-order valence-corrected chi connectivity index (χ0v) is 19.2. The van der Waals surface area contributed by atoms with Crippen LogP contribution in [0, 0.1) is 11.8 Å². The lowest BCUT2D eigenvalue weighted by molar-refractivity contribution is 0.0613. The van der Waals surface area contributed by atoms with Crippen LogP contribution in [0.5, 0.6) is 0 Å². The molecule has 2 aliphatic heterocycles. The van der Waals surface area contributed by atoms with E-state index in [4.69, 9.17) is 0 Å². The molecule has 0 bridgehead atoms. The average molecular weight is 430 g/mol. The highest BCUT2D eigenvalue weighted by Gasteiger charge is 2.29. The Morgan fingerprint density at radius 2 is 1.69 bits per heavy atom. The summed E-state index contributed by atoms with van der Waals surface area (Å²) in [6, 6.07) is 20.9. The van der Waals surface area contributed by atoms with Crippen LogP contribution in [0.4, 0.5) is 0 Å². The Morgan fingerprint density at radius 1 is 0.938 bits per heavy atom. The third-order valence-electron chi connectivity index (χ3n) is 7.41. The minimum atomic E-state index is 0.189. The van der Waals surface area contributed by atoms with Crippen LogP contribution in [0.25, 0.3) is 10.9 Å². The van der Waals surface area contributed by atoms with Crippen LogP contribution in [0.15, 0.2) is 60.7 Å². The van der Waals surface area contributed by atoms with Crippen molar-refractivity contribution in [2.75, 3.05) is 32.7 Å². The molecule has 1 unspecified atom stereocenters. The van der Waals surface area contributed by atoms with Crippen LogP contribution in [0.1, 0.15) is 48.7 Å². The normalized spacial score (nSPS) is 20.7. The van der Waals surface area contributed by atoms with Gasteiger partial charge >= 0.3 is 0 Å². The third-order valence-corrected chi connectivity index (χ3v) is 7.41. The van der Waals surface area contributed by atoms with E-state index in [-0.39, 0.29) is 5.91 Å². The lowest BCUT2D eigenvalue weighted by Crippen LogP contribution is -2.45. The van der Waals surface area contributed by atoms with Gasteiger partial charge in [0, 0.05) is 37.1 Å². The second-order valence-corrected chi connectivity index (χ2v) is 9.90. The first-order valence-corrected chi connectivity index (χ1v) is 12.3. The minimum absolute atomic E-state index is 0.189. The van der Waals surface area contributed by atoms with Crippen molar-refractivity contribution in [3.05, 3.63) is 71.9 Å². The first-order valence-electron chi connectivity index (χ1n) is 12.3. The Bertz CT molecular complexity index is 1050. The molecule has 2 aromatic carbocycles. The molecule has 0 radical (unpaired) electrons. The van der Waals surface area contributed by atoms with Gasteiger partial charge in [-0.05, 0) is 68.3 Å². The summed E-state index contributed by atoms with van der Waals surface area (Å²) in [5, 5.41) is 1.14. The first kappa shape index (κ1) is 21.3. The van der Waals surface area contributed by atoms with E-state index in [1.807, 2.05) is 6.07 Å². The molecule has 0 aliphatic carbocycles. The maximum Gasteiger partial charge on any atom is 0.270 e. The van der Waals surface area contributed by atoms with Crippen molar-refractivity contribution in [2.45, 2.75) is 39.2 Å². The van der Waals surface area contributed by atoms with Crippen molar-refractivity contribution in [3.63, 3.8) is 0 Å². The van der Waals surface area contributed by atoms with Crippen LogP contribution in [0.3, 0.4) is 0 Å². The molecule has 1 atom stereocenters. The average Bonchev–Trinajstić information content (AvgIpc) is 3.19. The predicted octanol–water partition coefficient (Wildman–Crippen LogP) is 5.27. The molecule has 5 rings (SSSR count). The van der Waals surface area contributed by atoms with E-state index in [9.17, 15) is 4.79 Å². The highest BCUT2D eigenvalue weighted by Crippen LogP contribution is 2.26. The number of nitrogens with zero attached hydrogens (tertiary/aromatic N) is 3. The van der Waals surface area contributed by atoms with Gasteiger partial charge in [-0.2, -0.15) is 0 Å². The summed E-state index contributed by atoms with van der Waals surface area (Å²) in [4.78, 5) is 18.5. The summed E-state index contributed by atoms with van der Waals surface area (Å²) in [5.41, 5.74) is 3.18. The van der Waals surface area contributed by atoms with Gasteiger partial charge in [0.25, 0.3) is 5.91 Å². The number of para-hydroxylation sites is 1. The molecule has 4 nitrogen and oxygen atoms in total. The largest absolute Gasteiger partial charge is 0.337 e. The second-order valence-electron chi connectivity index (χ2n) is 9.90. The molecule has 1 amide bonds. The van der Waals surface area contributed by atoms with Crippen molar-refractivity contribution in [2.24, 2.45) is 11.8 Å². The Hall–Kier alpha value is -2.59. The summed E-state index contributed by atoms with van der Waals surface area (Å²) < 4.78 is 2.21. The number of carbonyl (C=O) groups is 1. The number of amides is 1. The molecule has 3 aromatic rings. The van der Waals surface area contributed by atoms with Crippen LogP contribution >= 0.6 is 0 Å². The van der Waals surface area contributed by atoms with Gasteiger partial charge in [0.1, 0.15) is 5.69 Å². The van der Waals surface area contributed by atoms with E-state index >= 15 is 0 Å². The van der Waals surface area contributed by atoms with Crippen molar-refractivity contribution in [1.82, 2.24) is 14.4 Å². The Balaban J connectivity index is 1.35. The van der Waals surface area contributed by atoms with E-state index in [1.54, 1.807) is 0 Å². The molecule has 0 N–H and O–H groups in total. The fourth-order valence-corrected chi connectivity index (χ4v) is 5.49. The standard InChI is InChI=1S/C28H35N3O/c1-22-13-16-29(17-14-22)19-24-10-7-15-30(20-24)28(32)27-18-25-11-5-6-12-26(25)31(27)21-23-8-3-2-4-9-23/h2-6,8-9,11-12,18,22,24H,7,10,13-17,19-21H2,1H3. The molecule has 4 heteroatoms. The molecule has 32 heavy (non-hydrogen) atoms. The van der Waals surface area contributed by atoms with Gasteiger partial charge in [0.2, 0.25) is 0 Å². The Kier molecular flexibility index (Phi) is 6.31. The first-order chi connectivity index (χ1) is 15.7. The van der Waals surface area contributed by atoms with Gasteiger partial charge in [0.05, 0.1) is 0 Å². The highest BCUT2D eigenvalue weighted by molar-refractivity contribution is 5.99. The van der Waals surface area contributed by atoms with Crippen molar-refractivity contribution in [1.29, 1.82) is 0 Å². The van der Waals surface area contributed by atoms with E-state index in [0.29, 0.717) is 5.92 Å². The zero-order chi connectivity index (χ0) is 21.9. The SMILES string of the molecule is CC1CCN(CC2CCCN(C(=O)c3cc4ccccc4n3Cc3ccccc3)C2)CC1.